The summed E-state index contributed by atoms with van der Waals surface area (Å²) < 4.78 is 56.0. The van der Waals surface area contributed by atoms with E-state index in [-0.39, 0.29) is 19.6 Å². The first-order valence-corrected chi connectivity index (χ1v) is 9.17. The molecular weight excluding hydrogens is 411 g/mol. The molecule has 1 N–H and O–H groups in total. The van der Waals surface area contributed by atoms with Crippen LogP contribution in [0.3, 0.4) is 0 Å². The third-order valence-electron chi connectivity index (χ3n) is 4.54. The molecule has 2 heterocycles. The molecule has 166 valence electrons. The van der Waals surface area contributed by atoms with Gasteiger partial charge in [-0.1, -0.05) is 5.92 Å². The number of nitrogens with one attached hydrogen (secondary N) is 1. The summed E-state index contributed by atoms with van der Waals surface area (Å²) in [5.74, 6) is 2.26. The molecule has 12 heteroatoms. The van der Waals surface area contributed by atoms with E-state index in [1.165, 1.54) is 4.90 Å². The van der Waals surface area contributed by atoms with Crippen LogP contribution in [-0.2, 0) is 20.4 Å². The molecule has 1 amide bonds. The van der Waals surface area contributed by atoms with Crippen molar-refractivity contribution in [2.45, 2.75) is 44.9 Å². The van der Waals surface area contributed by atoms with Crippen LogP contribution < -0.4 is 11.2 Å². The zero-order valence-corrected chi connectivity index (χ0v) is 16.4. The van der Waals surface area contributed by atoms with Crippen molar-refractivity contribution in [3.63, 3.8) is 0 Å². The molecule has 0 bridgehead atoms. The second-order valence-electron chi connectivity index (χ2n) is 6.37. The van der Waals surface area contributed by atoms with E-state index in [1.54, 1.807) is 18.8 Å². The normalized spacial score (nSPS) is 21.3. The molecular formula is C18H22F3N3O6. The van der Waals surface area contributed by atoms with Crippen molar-refractivity contribution in [3.8, 4) is 12.3 Å². The first-order chi connectivity index (χ1) is 14.1. The summed E-state index contributed by atoms with van der Waals surface area (Å²) >= 11 is 0. The van der Waals surface area contributed by atoms with Crippen LogP contribution >= 0.6 is 0 Å². The molecule has 0 aromatic carbocycles. The topological polar surface area (TPSA) is 103 Å². The highest BCUT2D eigenvalue weighted by molar-refractivity contribution is 5.67. The van der Waals surface area contributed by atoms with Gasteiger partial charge in [0.2, 0.25) is 0 Å². The molecule has 1 aromatic heterocycles. The van der Waals surface area contributed by atoms with Gasteiger partial charge in [0.1, 0.15) is 31.1 Å². The number of hydrogen-bond acceptors (Lipinski definition) is 6. The van der Waals surface area contributed by atoms with Crippen LogP contribution in [0.1, 0.15) is 32.1 Å². The highest BCUT2D eigenvalue weighted by atomic mass is 19.4. The molecule has 1 aliphatic heterocycles. The fraction of sp³-hybridized carbons (Fsp3) is 0.611. The summed E-state index contributed by atoms with van der Waals surface area (Å²) in [5, 5.41) is 0. The third-order valence-corrected chi connectivity index (χ3v) is 4.54. The van der Waals surface area contributed by atoms with Crippen LogP contribution in [0.4, 0.5) is 18.0 Å². The highest BCUT2D eigenvalue weighted by Gasteiger charge is 2.40. The summed E-state index contributed by atoms with van der Waals surface area (Å²) in [6.07, 6.45) is -2.83. The third kappa shape index (κ3) is 5.43. The van der Waals surface area contributed by atoms with Crippen LogP contribution in [-0.4, -0.2) is 59.1 Å². The zero-order chi connectivity index (χ0) is 22.5. The first kappa shape index (κ1) is 23.5. The van der Waals surface area contributed by atoms with Crippen LogP contribution in [0.5, 0.6) is 0 Å². The Hall–Kier alpha value is -2.78. The number of carbonyl (C=O) groups is 1. The lowest BCUT2D eigenvalue weighted by atomic mass is 10.2. The van der Waals surface area contributed by atoms with Gasteiger partial charge in [-0.15, -0.1) is 6.42 Å². The smallest absolute Gasteiger partial charge is 0.423 e. The minimum atomic E-state index is -4.96. The average molecular weight is 433 g/mol. The van der Waals surface area contributed by atoms with E-state index >= 15 is 0 Å². The maximum Gasteiger partial charge on any atom is 0.423 e. The number of nitrogens with zero attached hydrogens (tertiary/aromatic N) is 2. The lowest BCUT2D eigenvalue weighted by Gasteiger charge is -2.22. The Labute approximate surface area is 169 Å². The van der Waals surface area contributed by atoms with E-state index in [2.05, 4.69) is 5.92 Å². The van der Waals surface area contributed by atoms with Crippen LogP contribution in [0.15, 0.2) is 15.8 Å². The van der Waals surface area contributed by atoms with Crippen molar-refractivity contribution < 1.29 is 32.2 Å². The fourth-order valence-electron chi connectivity index (χ4n) is 2.98. The number of carbonyl (C=O) groups excluding carboxylic acids is 1. The van der Waals surface area contributed by atoms with Crippen molar-refractivity contribution in [3.05, 3.63) is 32.6 Å². The predicted molar refractivity (Wildman–Crippen MR) is 97.7 cm³/mol. The van der Waals surface area contributed by atoms with Gasteiger partial charge in [0.05, 0.1) is 6.10 Å². The second kappa shape index (κ2) is 9.82. The number of ether oxygens (including phenoxy) is 3. The number of halogens is 3. The van der Waals surface area contributed by atoms with Crippen molar-refractivity contribution >= 4 is 6.09 Å². The number of hydrogen-bond donors (Lipinski definition) is 1. The lowest BCUT2D eigenvalue weighted by Crippen LogP contribution is -2.37. The van der Waals surface area contributed by atoms with E-state index in [1.807, 2.05) is 0 Å². The average Bonchev–Trinajstić information content (AvgIpc) is 3.07. The van der Waals surface area contributed by atoms with Gasteiger partial charge >= 0.3 is 18.0 Å². The molecule has 1 aliphatic rings. The Bertz CT molecular complexity index is 900. The van der Waals surface area contributed by atoms with Gasteiger partial charge < -0.3 is 19.1 Å². The molecule has 0 spiro atoms. The van der Waals surface area contributed by atoms with E-state index in [9.17, 15) is 27.6 Å². The molecule has 2 rings (SSSR count). The van der Waals surface area contributed by atoms with Gasteiger partial charge in [-0.3, -0.25) is 14.3 Å². The van der Waals surface area contributed by atoms with Crippen LogP contribution in [0, 0.1) is 12.3 Å². The Morgan fingerprint density at radius 3 is 2.63 bits per heavy atom. The minimum Gasteiger partial charge on any atom is -0.447 e. The monoisotopic (exact) mass is 433 g/mol. The molecule has 0 aliphatic carbocycles. The second-order valence-corrected chi connectivity index (χ2v) is 6.37. The highest BCUT2D eigenvalue weighted by Crippen LogP contribution is 2.32. The largest absolute Gasteiger partial charge is 0.447 e. The maximum atomic E-state index is 13.0. The molecule has 30 heavy (non-hydrogen) atoms. The van der Waals surface area contributed by atoms with Crippen LogP contribution in [0.25, 0.3) is 0 Å². The number of aromatic nitrogens is 2. The summed E-state index contributed by atoms with van der Waals surface area (Å²) in [6, 6.07) is 0. The molecule has 9 nitrogen and oxygen atoms in total. The molecule has 1 aromatic rings. The quantitative estimate of drug-likeness (QED) is 0.651. The van der Waals surface area contributed by atoms with E-state index in [4.69, 9.17) is 20.6 Å². The molecule has 1 saturated heterocycles. The molecule has 1 fully saturated rings. The molecule has 3 atom stereocenters. The number of rotatable bonds is 7. The fourth-order valence-corrected chi connectivity index (χ4v) is 2.98. The summed E-state index contributed by atoms with van der Waals surface area (Å²) in [5.41, 5.74) is -4.16. The van der Waals surface area contributed by atoms with Gasteiger partial charge in [0.25, 0.3) is 5.56 Å². The summed E-state index contributed by atoms with van der Waals surface area (Å²) in [4.78, 5) is 38.6. The van der Waals surface area contributed by atoms with Gasteiger partial charge in [-0.2, -0.15) is 13.2 Å². The number of H-pyrrole nitrogens is 1. The van der Waals surface area contributed by atoms with Crippen molar-refractivity contribution in [1.29, 1.82) is 0 Å². The minimum absolute atomic E-state index is 0.0432. The summed E-state index contributed by atoms with van der Waals surface area (Å²) in [7, 11) is 0. The standard InChI is InChI=1S/C18H22F3N3O6/c1-4-7-28-12-8-14(30-13(12)10-29-17(27)23(5-2)6-3)24-9-11(18(19,20)21)15(25)22-16(24)26/h1,9,12-14H,5-8,10H2,2-3H3,(H,22,25,26)/t12-,13+,14+/m0/s1. The molecule has 0 radical (unpaired) electrons. The molecule has 0 unspecified atom stereocenters. The zero-order valence-electron chi connectivity index (χ0n) is 16.4. The van der Waals surface area contributed by atoms with Crippen molar-refractivity contribution in [2.75, 3.05) is 26.3 Å². The van der Waals surface area contributed by atoms with Crippen LogP contribution in [0.2, 0.25) is 0 Å². The van der Waals surface area contributed by atoms with E-state index in [0.717, 1.165) is 0 Å². The Kier molecular flexibility index (Phi) is 7.69. The Morgan fingerprint density at radius 1 is 1.40 bits per heavy atom. The maximum absolute atomic E-state index is 13.0. The summed E-state index contributed by atoms with van der Waals surface area (Å²) in [6.45, 7) is 4.01. The lowest BCUT2D eigenvalue weighted by molar-refractivity contribution is -0.139. The number of amides is 1. The Morgan fingerprint density at radius 2 is 2.07 bits per heavy atom. The molecule has 0 saturated carbocycles. The van der Waals surface area contributed by atoms with Crippen molar-refractivity contribution in [1.82, 2.24) is 14.5 Å². The Balaban J connectivity index is 2.23. The first-order valence-electron chi connectivity index (χ1n) is 9.17. The van der Waals surface area contributed by atoms with Gasteiger partial charge in [0.15, 0.2) is 0 Å². The number of terminal acetylenes is 1. The predicted octanol–water partition coefficient (Wildman–Crippen LogP) is 1.34. The van der Waals surface area contributed by atoms with Gasteiger partial charge in [-0.25, -0.2) is 9.59 Å². The number of alkyl halides is 3. The van der Waals surface area contributed by atoms with Gasteiger partial charge in [-0.05, 0) is 13.8 Å². The van der Waals surface area contributed by atoms with E-state index in [0.29, 0.717) is 23.9 Å². The SMILES string of the molecule is C#CCO[C@H]1C[C@H](n2cc(C(F)(F)F)c(=O)[nH]c2=O)O[C@@H]1COC(=O)N(CC)CC. The van der Waals surface area contributed by atoms with Gasteiger partial charge in [0, 0.05) is 25.7 Å². The van der Waals surface area contributed by atoms with Crippen molar-refractivity contribution in [2.24, 2.45) is 0 Å². The number of aromatic amines is 1. The van der Waals surface area contributed by atoms with E-state index < -0.39 is 47.5 Å².